The van der Waals surface area contributed by atoms with Gasteiger partial charge in [0.2, 0.25) is 0 Å². The molecule has 0 N–H and O–H groups in total. The highest BCUT2D eigenvalue weighted by Crippen LogP contribution is 2.28. The summed E-state index contributed by atoms with van der Waals surface area (Å²) in [6.07, 6.45) is 1.93. The first-order valence-electron chi connectivity index (χ1n) is 7.47. The number of ether oxygens (including phenoxy) is 1. The molecule has 0 unspecified atom stereocenters. The van der Waals surface area contributed by atoms with Crippen molar-refractivity contribution in [1.82, 2.24) is 9.88 Å². The third-order valence-corrected chi connectivity index (χ3v) is 3.76. The van der Waals surface area contributed by atoms with Crippen molar-refractivity contribution >= 4 is 5.82 Å². The van der Waals surface area contributed by atoms with E-state index < -0.39 is 5.54 Å². The first-order valence-corrected chi connectivity index (χ1v) is 7.47. The standard InChI is InChI=1S/C16H24N4O/c1-13(2)21-14-6-5-7-18-15(14)19-8-10-20(11-9-19)16(3,4)12-17/h5-7,13H,8-11H2,1-4H3. The van der Waals surface area contributed by atoms with Crippen molar-refractivity contribution in [2.75, 3.05) is 31.1 Å². The van der Waals surface area contributed by atoms with Crippen molar-refractivity contribution in [3.8, 4) is 11.8 Å². The lowest BCUT2D eigenvalue weighted by molar-refractivity contribution is 0.157. The number of anilines is 1. The minimum absolute atomic E-state index is 0.131. The topological polar surface area (TPSA) is 52.4 Å². The van der Waals surface area contributed by atoms with Gasteiger partial charge in [-0.2, -0.15) is 5.26 Å². The predicted octanol–water partition coefficient (Wildman–Crippen LogP) is 2.29. The lowest BCUT2D eigenvalue weighted by Crippen LogP contribution is -2.54. The Bertz CT molecular complexity index is 513. The Morgan fingerprint density at radius 3 is 2.52 bits per heavy atom. The van der Waals surface area contributed by atoms with Gasteiger partial charge in [-0.1, -0.05) is 0 Å². The Kier molecular flexibility index (Phi) is 4.69. The maximum atomic E-state index is 9.23. The van der Waals surface area contributed by atoms with E-state index in [1.165, 1.54) is 0 Å². The Morgan fingerprint density at radius 2 is 1.95 bits per heavy atom. The maximum absolute atomic E-state index is 9.23. The lowest BCUT2D eigenvalue weighted by Gasteiger charge is -2.41. The van der Waals surface area contributed by atoms with E-state index in [9.17, 15) is 5.26 Å². The Hall–Kier alpha value is -1.80. The van der Waals surface area contributed by atoms with Crippen LogP contribution in [0.15, 0.2) is 18.3 Å². The van der Waals surface area contributed by atoms with E-state index in [0.29, 0.717) is 0 Å². The molecule has 1 aliphatic rings. The van der Waals surface area contributed by atoms with Crippen molar-refractivity contribution in [2.45, 2.75) is 39.3 Å². The van der Waals surface area contributed by atoms with E-state index in [1.54, 1.807) is 6.20 Å². The van der Waals surface area contributed by atoms with E-state index in [-0.39, 0.29) is 6.10 Å². The van der Waals surface area contributed by atoms with Gasteiger partial charge >= 0.3 is 0 Å². The smallest absolute Gasteiger partial charge is 0.171 e. The van der Waals surface area contributed by atoms with E-state index >= 15 is 0 Å². The normalized spacial score (nSPS) is 16.9. The molecule has 1 fully saturated rings. The van der Waals surface area contributed by atoms with Crippen LogP contribution in [0.2, 0.25) is 0 Å². The van der Waals surface area contributed by atoms with E-state index in [1.807, 2.05) is 39.8 Å². The SMILES string of the molecule is CC(C)Oc1cccnc1N1CCN(C(C)(C)C#N)CC1. The van der Waals surface area contributed by atoms with Gasteiger partial charge in [-0.3, -0.25) is 4.90 Å². The highest BCUT2D eigenvalue weighted by molar-refractivity contribution is 5.52. The molecule has 1 saturated heterocycles. The first-order chi connectivity index (χ1) is 9.94. The number of pyridine rings is 1. The average Bonchev–Trinajstić information content (AvgIpc) is 2.47. The molecular formula is C16H24N4O. The Labute approximate surface area is 127 Å². The van der Waals surface area contributed by atoms with Gasteiger partial charge in [-0.25, -0.2) is 4.98 Å². The fourth-order valence-electron chi connectivity index (χ4n) is 2.51. The van der Waals surface area contributed by atoms with Gasteiger partial charge in [0.05, 0.1) is 12.2 Å². The number of aromatic nitrogens is 1. The number of nitriles is 1. The quantitative estimate of drug-likeness (QED) is 0.851. The van der Waals surface area contributed by atoms with E-state index in [0.717, 1.165) is 37.7 Å². The van der Waals surface area contributed by atoms with Crippen LogP contribution in [0, 0.1) is 11.3 Å². The highest BCUT2D eigenvalue weighted by Gasteiger charge is 2.30. The summed E-state index contributed by atoms with van der Waals surface area (Å²) in [6, 6.07) is 6.24. The summed E-state index contributed by atoms with van der Waals surface area (Å²) < 4.78 is 5.84. The molecule has 5 nitrogen and oxygen atoms in total. The van der Waals surface area contributed by atoms with Crippen LogP contribution in [0.1, 0.15) is 27.7 Å². The minimum atomic E-state index is -0.409. The molecule has 1 aromatic heterocycles. The molecule has 114 valence electrons. The maximum Gasteiger partial charge on any atom is 0.171 e. The third-order valence-electron chi connectivity index (χ3n) is 3.76. The molecule has 0 spiro atoms. The molecule has 2 rings (SSSR count). The second-order valence-electron chi connectivity index (χ2n) is 6.14. The van der Waals surface area contributed by atoms with Crippen molar-refractivity contribution in [2.24, 2.45) is 0 Å². The van der Waals surface area contributed by atoms with Crippen LogP contribution in [0.25, 0.3) is 0 Å². The summed E-state index contributed by atoms with van der Waals surface area (Å²) in [5.74, 6) is 1.74. The van der Waals surface area contributed by atoms with Crippen LogP contribution in [-0.4, -0.2) is 47.7 Å². The third kappa shape index (κ3) is 3.64. The molecule has 1 aliphatic heterocycles. The predicted molar refractivity (Wildman–Crippen MR) is 83.5 cm³/mol. The van der Waals surface area contributed by atoms with Crippen LogP contribution in [-0.2, 0) is 0 Å². The summed E-state index contributed by atoms with van der Waals surface area (Å²) in [5.41, 5.74) is -0.409. The molecular weight excluding hydrogens is 264 g/mol. The van der Waals surface area contributed by atoms with Gasteiger partial charge in [0, 0.05) is 32.4 Å². The highest BCUT2D eigenvalue weighted by atomic mass is 16.5. The Morgan fingerprint density at radius 1 is 1.29 bits per heavy atom. The largest absolute Gasteiger partial charge is 0.487 e. The van der Waals surface area contributed by atoms with Crippen molar-refractivity contribution in [1.29, 1.82) is 5.26 Å². The number of rotatable bonds is 4. The fraction of sp³-hybridized carbons (Fsp3) is 0.625. The Balaban J connectivity index is 2.08. The van der Waals surface area contributed by atoms with Crippen LogP contribution >= 0.6 is 0 Å². The van der Waals surface area contributed by atoms with Crippen LogP contribution in [0.4, 0.5) is 5.82 Å². The summed E-state index contributed by atoms with van der Waals surface area (Å²) in [7, 11) is 0. The number of hydrogen-bond donors (Lipinski definition) is 0. The summed E-state index contributed by atoms with van der Waals surface area (Å²) in [4.78, 5) is 8.94. The average molecular weight is 288 g/mol. The molecule has 1 aromatic rings. The van der Waals surface area contributed by atoms with Gasteiger partial charge in [-0.05, 0) is 39.8 Å². The van der Waals surface area contributed by atoms with Gasteiger partial charge in [-0.15, -0.1) is 0 Å². The van der Waals surface area contributed by atoms with Crippen molar-refractivity contribution in [3.05, 3.63) is 18.3 Å². The second-order valence-corrected chi connectivity index (χ2v) is 6.14. The summed E-state index contributed by atoms with van der Waals surface area (Å²) >= 11 is 0. The van der Waals surface area contributed by atoms with Crippen LogP contribution in [0.3, 0.4) is 0 Å². The number of nitrogens with zero attached hydrogens (tertiary/aromatic N) is 4. The zero-order valence-electron chi connectivity index (χ0n) is 13.3. The molecule has 0 aromatic carbocycles. The molecule has 0 radical (unpaired) electrons. The second kappa shape index (κ2) is 6.31. The van der Waals surface area contributed by atoms with Gasteiger partial charge in [0.25, 0.3) is 0 Å². The van der Waals surface area contributed by atoms with Crippen LogP contribution < -0.4 is 9.64 Å². The number of piperazine rings is 1. The molecule has 21 heavy (non-hydrogen) atoms. The van der Waals surface area contributed by atoms with Gasteiger partial charge in [0.1, 0.15) is 5.54 Å². The van der Waals surface area contributed by atoms with Crippen molar-refractivity contribution in [3.63, 3.8) is 0 Å². The van der Waals surface area contributed by atoms with Gasteiger partial charge < -0.3 is 9.64 Å². The van der Waals surface area contributed by atoms with Crippen LogP contribution in [0.5, 0.6) is 5.75 Å². The fourth-order valence-corrected chi connectivity index (χ4v) is 2.51. The lowest BCUT2D eigenvalue weighted by atomic mass is 10.0. The zero-order valence-corrected chi connectivity index (χ0v) is 13.3. The molecule has 0 saturated carbocycles. The zero-order chi connectivity index (χ0) is 15.5. The molecule has 5 heteroatoms. The molecule has 0 aliphatic carbocycles. The first kappa shape index (κ1) is 15.6. The van der Waals surface area contributed by atoms with E-state index in [4.69, 9.17) is 4.74 Å². The summed E-state index contributed by atoms with van der Waals surface area (Å²) in [6.45, 7) is 11.4. The summed E-state index contributed by atoms with van der Waals surface area (Å²) in [5, 5.41) is 9.23. The van der Waals surface area contributed by atoms with Crippen molar-refractivity contribution < 1.29 is 4.74 Å². The molecule has 0 amide bonds. The molecule has 2 heterocycles. The van der Waals surface area contributed by atoms with Gasteiger partial charge in [0.15, 0.2) is 11.6 Å². The number of hydrogen-bond acceptors (Lipinski definition) is 5. The van der Waals surface area contributed by atoms with E-state index in [2.05, 4.69) is 20.9 Å². The molecule has 0 bridgehead atoms. The minimum Gasteiger partial charge on any atom is -0.487 e. The monoisotopic (exact) mass is 288 g/mol. The molecule has 0 atom stereocenters.